The maximum absolute atomic E-state index is 12.3. The number of pyridine rings is 1. The number of rotatable bonds is 4. The van der Waals surface area contributed by atoms with Gasteiger partial charge in [0.15, 0.2) is 5.03 Å². The lowest BCUT2D eigenvalue weighted by Crippen LogP contribution is -2.29. The number of aromatic nitrogens is 1. The molecule has 1 atom stereocenters. The molecular weight excluding hydrogens is 270 g/mol. The standard InChI is InChI=1S/C11H17N3O2S2/c1-2-12-9-3-4-11(13-7-9)18(15,16)14-6-5-10(17)8-14/h3-4,7,10,12,17H,2,5-6,8H2,1H3. The summed E-state index contributed by atoms with van der Waals surface area (Å²) < 4.78 is 26.0. The second-order valence-corrected chi connectivity index (χ2v) is 6.84. The summed E-state index contributed by atoms with van der Waals surface area (Å²) in [6.45, 7) is 3.73. The summed E-state index contributed by atoms with van der Waals surface area (Å²) in [6.07, 6.45) is 2.34. The van der Waals surface area contributed by atoms with Gasteiger partial charge in [-0.3, -0.25) is 0 Å². The summed E-state index contributed by atoms with van der Waals surface area (Å²) >= 11 is 4.30. The van der Waals surface area contributed by atoms with Crippen molar-refractivity contribution in [1.82, 2.24) is 9.29 Å². The van der Waals surface area contributed by atoms with Crippen LogP contribution in [-0.2, 0) is 10.0 Å². The first-order valence-electron chi connectivity index (χ1n) is 5.92. The summed E-state index contributed by atoms with van der Waals surface area (Å²) in [4.78, 5) is 4.02. The minimum atomic E-state index is -3.46. The van der Waals surface area contributed by atoms with E-state index < -0.39 is 10.0 Å². The average Bonchev–Trinajstić information content (AvgIpc) is 2.78. The maximum atomic E-state index is 12.3. The van der Waals surface area contributed by atoms with Crippen molar-refractivity contribution in [2.45, 2.75) is 23.6 Å². The Labute approximate surface area is 113 Å². The zero-order valence-corrected chi connectivity index (χ0v) is 11.9. The van der Waals surface area contributed by atoms with E-state index in [0.717, 1.165) is 18.7 Å². The van der Waals surface area contributed by atoms with E-state index in [1.807, 2.05) is 6.92 Å². The predicted octanol–water partition coefficient (Wildman–Crippen LogP) is 1.21. The molecular formula is C11H17N3O2S2. The highest BCUT2D eigenvalue weighted by atomic mass is 32.2. The van der Waals surface area contributed by atoms with E-state index in [2.05, 4.69) is 22.9 Å². The fraction of sp³-hybridized carbons (Fsp3) is 0.545. The first-order chi connectivity index (χ1) is 8.54. The highest BCUT2D eigenvalue weighted by Crippen LogP contribution is 2.22. The maximum Gasteiger partial charge on any atom is 0.260 e. The van der Waals surface area contributed by atoms with E-state index in [1.54, 1.807) is 18.3 Å². The fourth-order valence-electron chi connectivity index (χ4n) is 1.90. The van der Waals surface area contributed by atoms with Gasteiger partial charge in [-0.05, 0) is 25.5 Å². The molecule has 2 rings (SSSR count). The number of anilines is 1. The third kappa shape index (κ3) is 2.78. The molecule has 18 heavy (non-hydrogen) atoms. The van der Waals surface area contributed by atoms with Gasteiger partial charge in [-0.25, -0.2) is 13.4 Å². The van der Waals surface area contributed by atoms with Crippen molar-refractivity contribution in [3.05, 3.63) is 18.3 Å². The Kier molecular flexibility index (Phi) is 4.14. The van der Waals surface area contributed by atoms with Gasteiger partial charge in [0.1, 0.15) is 0 Å². The monoisotopic (exact) mass is 287 g/mol. The van der Waals surface area contributed by atoms with Crippen LogP contribution in [0.3, 0.4) is 0 Å². The smallest absolute Gasteiger partial charge is 0.260 e. The molecule has 5 nitrogen and oxygen atoms in total. The van der Waals surface area contributed by atoms with Crippen LogP contribution in [0.15, 0.2) is 23.4 Å². The Morgan fingerprint density at radius 3 is 2.83 bits per heavy atom. The molecule has 0 bridgehead atoms. The third-order valence-corrected chi connectivity index (χ3v) is 5.05. The van der Waals surface area contributed by atoms with Gasteiger partial charge in [0.05, 0.1) is 11.9 Å². The number of nitrogens with one attached hydrogen (secondary N) is 1. The Hall–Kier alpha value is -0.790. The van der Waals surface area contributed by atoms with Crippen molar-refractivity contribution in [2.24, 2.45) is 0 Å². The van der Waals surface area contributed by atoms with Gasteiger partial charge >= 0.3 is 0 Å². The third-order valence-electron chi connectivity index (χ3n) is 2.85. The molecule has 1 aromatic heterocycles. The van der Waals surface area contributed by atoms with Crippen LogP contribution in [0.4, 0.5) is 5.69 Å². The van der Waals surface area contributed by atoms with E-state index >= 15 is 0 Å². The average molecular weight is 287 g/mol. The van der Waals surface area contributed by atoms with E-state index in [4.69, 9.17) is 0 Å². The zero-order chi connectivity index (χ0) is 13.2. The molecule has 0 saturated carbocycles. The van der Waals surface area contributed by atoms with Crippen LogP contribution in [0.2, 0.25) is 0 Å². The summed E-state index contributed by atoms with van der Waals surface area (Å²) in [5.74, 6) is 0. The van der Waals surface area contributed by atoms with Gasteiger partial charge in [-0.1, -0.05) is 0 Å². The molecule has 100 valence electrons. The summed E-state index contributed by atoms with van der Waals surface area (Å²) in [7, 11) is -3.46. The largest absolute Gasteiger partial charge is 0.384 e. The number of hydrogen-bond acceptors (Lipinski definition) is 5. The minimum absolute atomic E-state index is 0.103. The molecule has 1 N–H and O–H groups in total. The first-order valence-corrected chi connectivity index (χ1v) is 7.88. The topological polar surface area (TPSA) is 62.3 Å². The molecule has 1 fully saturated rings. The van der Waals surface area contributed by atoms with Gasteiger partial charge in [0.2, 0.25) is 0 Å². The summed E-state index contributed by atoms with van der Waals surface area (Å²) in [5, 5.41) is 3.31. The van der Waals surface area contributed by atoms with Gasteiger partial charge in [0.25, 0.3) is 10.0 Å². The number of sulfonamides is 1. The van der Waals surface area contributed by atoms with E-state index in [1.165, 1.54) is 4.31 Å². The molecule has 0 aromatic carbocycles. The van der Waals surface area contributed by atoms with E-state index in [0.29, 0.717) is 13.1 Å². The van der Waals surface area contributed by atoms with Crippen molar-refractivity contribution in [3.8, 4) is 0 Å². The lowest BCUT2D eigenvalue weighted by Gasteiger charge is -2.15. The highest BCUT2D eigenvalue weighted by Gasteiger charge is 2.31. The van der Waals surface area contributed by atoms with Crippen LogP contribution in [0.25, 0.3) is 0 Å². The second kappa shape index (κ2) is 5.46. The van der Waals surface area contributed by atoms with Crippen molar-refractivity contribution < 1.29 is 8.42 Å². The van der Waals surface area contributed by atoms with Crippen molar-refractivity contribution in [3.63, 3.8) is 0 Å². The van der Waals surface area contributed by atoms with Crippen molar-refractivity contribution in [2.75, 3.05) is 25.0 Å². The zero-order valence-electron chi connectivity index (χ0n) is 10.2. The lowest BCUT2D eigenvalue weighted by molar-refractivity contribution is 0.475. The first kappa shape index (κ1) is 13.6. The van der Waals surface area contributed by atoms with Gasteiger partial charge < -0.3 is 5.32 Å². The molecule has 1 aliphatic heterocycles. The number of nitrogens with zero attached hydrogens (tertiary/aromatic N) is 2. The Bertz CT molecular complexity index is 502. The SMILES string of the molecule is CCNc1ccc(S(=O)(=O)N2CCC(S)C2)nc1. The van der Waals surface area contributed by atoms with Crippen LogP contribution in [-0.4, -0.2) is 42.6 Å². The molecule has 1 saturated heterocycles. The fourth-order valence-corrected chi connectivity index (χ4v) is 3.74. The van der Waals surface area contributed by atoms with E-state index in [-0.39, 0.29) is 10.3 Å². The Balaban J connectivity index is 2.19. The molecule has 7 heteroatoms. The quantitative estimate of drug-likeness (QED) is 0.817. The van der Waals surface area contributed by atoms with E-state index in [9.17, 15) is 8.42 Å². The van der Waals surface area contributed by atoms with Gasteiger partial charge in [0, 0.05) is 24.9 Å². The molecule has 1 aromatic rings. The Morgan fingerprint density at radius 2 is 2.33 bits per heavy atom. The van der Waals surface area contributed by atoms with Gasteiger partial charge in [-0.15, -0.1) is 0 Å². The van der Waals surface area contributed by atoms with Gasteiger partial charge in [-0.2, -0.15) is 16.9 Å². The highest BCUT2D eigenvalue weighted by molar-refractivity contribution is 7.89. The van der Waals surface area contributed by atoms with Crippen LogP contribution < -0.4 is 5.32 Å². The summed E-state index contributed by atoms with van der Waals surface area (Å²) in [5.41, 5.74) is 0.824. The molecule has 1 unspecified atom stereocenters. The lowest BCUT2D eigenvalue weighted by atomic mass is 10.4. The van der Waals surface area contributed by atoms with Crippen LogP contribution in [0, 0.1) is 0 Å². The second-order valence-electron chi connectivity index (χ2n) is 4.22. The molecule has 0 spiro atoms. The molecule has 0 aliphatic carbocycles. The number of thiol groups is 1. The number of hydrogen-bond donors (Lipinski definition) is 2. The summed E-state index contributed by atoms with van der Waals surface area (Å²) in [6, 6.07) is 3.27. The molecule has 0 amide bonds. The molecule has 1 aliphatic rings. The normalized spacial score (nSPS) is 21.1. The molecule has 2 heterocycles. The van der Waals surface area contributed by atoms with Crippen molar-refractivity contribution in [1.29, 1.82) is 0 Å². The van der Waals surface area contributed by atoms with Crippen LogP contribution in [0.5, 0.6) is 0 Å². The van der Waals surface area contributed by atoms with Crippen LogP contribution >= 0.6 is 12.6 Å². The van der Waals surface area contributed by atoms with Crippen molar-refractivity contribution >= 4 is 28.3 Å². The predicted molar refractivity (Wildman–Crippen MR) is 74.6 cm³/mol. The minimum Gasteiger partial charge on any atom is -0.384 e. The van der Waals surface area contributed by atoms with Crippen LogP contribution in [0.1, 0.15) is 13.3 Å². The Morgan fingerprint density at radius 1 is 1.56 bits per heavy atom. The molecule has 0 radical (unpaired) electrons.